The summed E-state index contributed by atoms with van der Waals surface area (Å²) in [4.78, 5) is 18.6. The molecule has 2 aromatic carbocycles. The number of benzene rings is 2. The molecule has 0 saturated carbocycles. The Morgan fingerprint density at radius 2 is 1.88 bits per heavy atom. The van der Waals surface area contributed by atoms with E-state index in [2.05, 4.69) is 0 Å². The molecule has 0 fully saturated rings. The number of amides is 1. The molecule has 1 amide bonds. The number of nitrogens with zero attached hydrogens (tertiary/aromatic N) is 3. The van der Waals surface area contributed by atoms with Gasteiger partial charge in [0.05, 0.1) is 27.4 Å². The summed E-state index contributed by atoms with van der Waals surface area (Å²) in [5.41, 5.74) is 2.22. The van der Waals surface area contributed by atoms with Gasteiger partial charge in [0.15, 0.2) is 14.8 Å². The van der Waals surface area contributed by atoms with E-state index in [0.717, 1.165) is 26.4 Å². The van der Waals surface area contributed by atoms with Gasteiger partial charge < -0.3 is 14.7 Å². The van der Waals surface area contributed by atoms with Crippen molar-refractivity contribution in [1.82, 2.24) is 14.3 Å². The molecule has 0 radical (unpaired) electrons. The molecule has 0 aliphatic heterocycles. The number of rotatable bonds is 7. The molecule has 180 valence electrons. The zero-order chi connectivity index (χ0) is 24.7. The van der Waals surface area contributed by atoms with Crippen LogP contribution in [-0.2, 0) is 9.84 Å². The van der Waals surface area contributed by atoms with Gasteiger partial charge in [-0.25, -0.2) is 18.2 Å². The number of sulfone groups is 1. The van der Waals surface area contributed by atoms with Gasteiger partial charge in [0.2, 0.25) is 0 Å². The smallest absolute Gasteiger partial charge is 0.407 e. The maximum Gasteiger partial charge on any atom is 0.407 e. The maximum absolute atomic E-state index is 11.8. The number of hydrogen-bond acceptors (Lipinski definition) is 6. The molecule has 2 aromatic heterocycles. The molecule has 1 N–H and O–H groups in total. The Balaban J connectivity index is 1.43. The summed E-state index contributed by atoms with van der Waals surface area (Å²) in [6.45, 7) is 6.44. The molecular formula is C24H27N3O5S2. The minimum atomic E-state index is -3.26. The van der Waals surface area contributed by atoms with E-state index < -0.39 is 21.5 Å². The zero-order valence-corrected chi connectivity index (χ0v) is 21.1. The first-order valence-corrected chi connectivity index (χ1v) is 13.5. The first-order chi connectivity index (χ1) is 15.9. The van der Waals surface area contributed by atoms with Gasteiger partial charge in [-0.3, -0.25) is 4.40 Å². The van der Waals surface area contributed by atoms with Crippen LogP contribution >= 0.6 is 11.3 Å². The fourth-order valence-electron chi connectivity index (χ4n) is 3.70. The highest BCUT2D eigenvalue weighted by Crippen LogP contribution is 2.31. The van der Waals surface area contributed by atoms with Crippen molar-refractivity contribution in [2.75, 3.05) is 19.4 Å². The Bertz CT molecular complexity index is 1450. The third kappa shape index (κ3) is 5.02. The second-order valence-electron chi connectivity index (χ2n) is 9.11. The molecule has 0 atom stereocenters. The Morgan fingerprint density at radius 1 is 1.18 bits per heavy atom. The number of hydrogen-bond donors (Lipinski definition) is 1. The number of imidazole rings is 1. The summed E-state index contributed by atoms with van der Waals surface area (Å²) < 4.78 is 32.3. The number of carboxylic acid groups (broad SMARTS) is 1. The number of carbonyl (C=O) groups is 1. The predicted octanol–water partition coefficient (Wildman–Crippen LogP) is 5.17. The Kier molecular flexibility index (Phi) is 6.30. The van der Waals surface area contributed by atoms with Gasteiger partial charge in [0.25, 0.3) is 0 Å². The first-order valence-electron chi connectivity index (χ1n) is 10.8. The Hall–Kier alpha value is -3.11. The van der Waals surface area contributed by atoms with Crippen LogP contribution in [0.4, 0.5) is 4.79 Å². The van der Waals surface area contributed by atoms with E-state index in [1.165, 1.54) is 22.5 Å². The van der Waals surface area contributed by atoms with Crippen LogP contribution < -0.4 is 4.74 Å². The van der Waals surface area contributed by atoms with Crippen molar-refractivity contribution < 1.29 is 23.1 Å². The lowest BCUT2D eigenvalue weighted by Gasteiger charge is -2.33. The van der Waals surface area contributed by atoms with E-state index in [1.807, 2.05) is 61.7 Å². The number of thiazole rings is 1. The van der Waals surface area contributed by atoms with Crippen LogP contribution in [0.5, 0.6) is 5.75 Å². The average molecular weight is 502 g/mol. The van der Waals surface area contributed by atoms with E-state index in [-0.39, 0.29) is 0 Å². The first kappa shape index (κ1) is 24.0. The van der Waals surface area contributed by atoms with E-state index in [0.29, 0.717) is 30.2 Å². The van der Waals surface area contributed by atoms with Crippen LogP contribution in [0.3, 0.4) is 0 Å². The zero-order valence-electron chi connectivity index (χ0n) is 19.5. The molecule has 0 unspecified atom stereocenters. The molecule has 0 bridgehead atoms. The van der Waals surface area contributed by atoms with Gasteiger partial charge in [-0.1, -0.05) is 11.3 Å². The number of ether oxygens (including phenoxy) is 1. The number of aromatic nitrogens is 2. The van der Waals surface area contributed by atoms with Gasteiger partial charge in [0.1, 0.15) is 5.75 Å². The summed E-state index contributed by atoms with van der Waals surface area (Å²) in [6.07, 6.45) is 2.81. The summed E-state index contributed by atoms with van der Waals surface area (Å²) in [6, 6.07) is 12.7. The molecule has 10 heteroatoms. The van der Waals surface area contributed by atoms with Gasteiger partial charge >= 0.3 is 6.09 Å². The van der Waals surface area contributed by atoms with Crippen molar-refractivity contribution in [3.63, 3.8) is 0 Å². The summed E-state index contributed by atoms with van der Waals surface area (Å²) in [5, 5.41) is 9.36. The standard InChI is InChI=1S/C24H27N3O5S2/c1-24(2,3)27(23(28)29)12-5-13-32-17-8-6-16(7-9-17)19-15-26-20-11-10-18(34(4,30)31)14-21(20)33-22(26)25-19/h6-11,14-15H,5,12-13H2,1-4H3,(H,28,29). The van der Waals surface area contributed by atoms with E-state index in [4.69, 9.17) is 9.72 Å². The van der Waals surface area contributed by atoms with Crippen molar-refractivity contribution in [1.29, 1.82) is 0 Å². The largest absolute Gasteiger partial charge is 0.494 e. The van der Waals surface area contributed by atoms with Crippen LogP contribution in [-0.4, -0.2) is 58.8 Å². The van der Waals surface area contributed by atoms with Crippen LogP contribution in [0.15, 0.2) is 53.6 Å². The SMILES string of the molecule is CC(C)(C)N(CCCOc1ccc(-c2cn3c(n2)sc2cc(S(C)(=O)=O)ccc23)cc1)C(=O)O. The third-order valence-electron chi connectivity index (χ3n) is 5.48. The lowest BCUT2D eigenvalue weighted by atomic mass is 10.1. The maximum atomic E-state index is 11.8. The normalized spacial score (nSPS) is 12.4. The molecule has 0 saturated heterocycles. The van der Waals surface area contributed by atoms with E-state index in [9.17, 15) is 18.3 Å². The minimum Gasteiger partial charge on any atom is -0.494 e. The highest BCUT2D eigenvalue weighted by Gasteiger charge is 2.25. The fourth-order valence-corrected chi connectivity index (χ4v) is 5.47. The van der Waals surface area contributed by atoms with Gasteiger partial charge in [0, 0.05) is 30.1 Å². The molecule has 0 aliphatic rings. The molecule has 2 heterocycles. The van der Waals surface area contributed by atoms with Crippen molar-refractivity contribution in [3.8, 4) is 17.0 Å². The van der Waals surface area contributed by atoms with Crippen molar-refractivity contribution in [3.05, 3.63) is 48.7 Å². The van der Waals surface area contributed by atoms with Gasteiger partial charge in [-0.15, -0.1) is 0 Å². The second-order valence-corrected chi connectivity index (χ2v) is 12.1. The molecule has 4 aromatic rings. The lowest BCUT2D eigenvalue weighted by molar-refractivity contribution is 0.0962. The minimum absolute atomic E-state index is 0.300. The highest BCUT2D eigenvalue weighted by atomic mass is 32.2. The molecule has 8 nitrogen and oxygen atoms in total. The number of fused-ring (bicyclic) bond motifs is 3. The molecular weight excluding hydrogens is 474 g/mol. The summed E-state index contributed by atoms with van der Waals surface area (Å²) >= 11 is 1.45. The Labute approximate surface area is 202 Å². The second kappa shape index (κ2) is 8.92. The van der Waals surface area contributed by atoms with Crippen LogP contribution in [0.25, 0.3) is 26.4 Å². The molecule has 0 spiro atoms. The van der Waals surface area contributed by atoms with E-state index in [1.54, 1.807) is 12.1 Å². The van der Waals surface area contributed by atoms with Crippen LogP contribution in [0, 0.1) is 0 Å². The van der Waals surface area contributed by atoms with E-state index >= 15 is 0 Å². The van der Waals surface area contributed by atoms with Crippen molar-refractivity contribution in [2.24, 2.45) is 0 Å². The fraction of sp³-hybridized carbons (Fsp3) is 0.333. The van der Waals surface area contributed by atoms with Crippen LogP contribution in [0.2, 0.25) is 0 Å². The molecule has 4 rings (SSSR count). The molecule has 0 aliphatic carbocycles. The Morgan fingerprint density at radius 3 is 2.50 bits per heavy atom. The lowest BCUT2D eigenvalue weighted by Crippen LogP contribution is -2.45. The van der Waals surface area contributed by atoms with Crippen LogP contribution in [0.1, 0.15) is 27.2 Å². The average Bonchev–Trinajstić information content (AvgIpc) is 3.29. The third-order valence-corrected chi connectivity index (χ3v) is 7.61. The quantitative estimate of drug-likeness (QED) is 0.351. The summed E-state index contributed by atoms with van der Waals surface area (Å²) in [7, 11) is -3.26. The summed E-state index contributed by atoms with van der Waals surface area (Å²) in [5.74, 6) is 0.709. The topological polar surface area (TPSA) is 101 Å². The molecule has 34 heavy (non-hydrogen) atoms. The van der Waals surface area contributed by atoms with Gasteiger partial charge in [-0.2, -0.15) is 0 Å². The van der Waals surface area contributed by atoms with Gasteiger partial charge in [-0.05, 0) is 69.7 Å². The highest BCUT2D eigenvalue weighted by molar-refractivity contribution is 7.90. The van der Waals surface area contributed by atoms with Crippen molar-refractivity contribution in [2.45, 2.75) is 37.6 Å². The van der Waals surface area contributed by atoms with Crippen molar-refractivity contribution >= 4 is 42.4 Å². The predicted molar refractivity (Wildman–Crippen MR) is 134 cm³/mol. The monoisotopic (exact) mass is 501 g/mol.